The monoisotopic (exact) mass is 645 g/mol. The molecule has 0 heterocycles. The smallest absolute Gasteiger partial charge is 0.219 e. The molecule has 0 aliphatic carbocycles. The molecule has 0 rings (SSSR count). The molecule has 0 spiro atoms. The predicted molar refractivity (Wildman–Crippen MR) is 205 cm³/mol. The Morgan fingerprint density at radius 1 is 0.457 bits per heavy atom. The first-order valence-corrected chi connectivity index (χ1v) is 20.1. The van der Waals surface area contributed by atoms with E-state index in [2.05, 4.69) is 62.5 Å². The quantitative estimate of drug-likeness (QED) is 0.0540. The molecule has 0 aliphatic rings. The molecule has 3 N–H and O–H groups in total. The zero-order chi connectivity index (χ0) is 34.0. The normalized spacial score (nSPS) is 11.5. The van der Waals surface area contributed by atoms with Gasteiger partial charge in [-0.05, 0) is 51.4 Å². The first-order valence-electron chi connectivity index (χ1n) is 20.1. The van der Waals surface area contributed by atoms with Crippen LogP contribution in [0.25, 0.3) is 0 Å². The number of nitrogens with one attached hydrogen (secondary N) is 1. The summed E-state index contributed by atoms with van der Waals surface area (Å²) in [6.07, 6.45) is 50.4. The Hall–Kier alpha value is -1.84. The molecule has 0 saturated carbocycles. The number of hydrogen-bond acceptors (Lipinski definition) is 2. The molecule has 2 amide bonds. The highest BCUT2D eigenvalue weighted by molar-refractivity contribution is 5.75. The Morgan fingerprint density at radius 3 is 1.33 bits per heavy atom. The van der Waals surface area contributed by atoms with Crippen molar-refractivity contribution in [3.05, 3.63) is 36.5 Å². The van der Waals surface area contributed by atoms with Crippen molar-refractivity contribution in [2.45, 2.75) is 213 Å². The van der Waals surface area contributed by atoms with Crippen molar-refractivity contribution < 1.29 is 9.59 Å². The van der Waals surface area contributed by atoms with Crippen molar-refractivity contribution in [3.8, 4) is 0 Å². The first kappa shape index (κ1) is 46.3. The summed E-state index contributed by atoms with van der Waals surface area (Å²) in [7, 11) is 0. The SMILES string of the molecule is CC/C=C\C/C=C\C/C=C\CCCCCCCC(=O)NCCCCCC.CCCCCCCCCCCCCCCCCC(N)=O. The molecule has 4 nitrogen and oxygen atoms in total. The molecule has 4 heteroatoms. The van der Waals surface area contributed by atoms with Crippen molar-refractivity contribution >= 4 is 11.8 Å². The van der Waals surface area contributed by atoms with Crippen LogP contribution in [0.3, 0.4) is 0 Å². The van der Waals surface area contributed by atoms with Crippen LogP contribution in [-0.2, 0) is 9.59 Å². The average molecular weight is 645 g/mol. The number of rotatable bonds is 34. The molecule has 0 aliphatic heterocycles. The topological polar surface area (TPSA) is 72.2 Å². The molecule has 0 aromatic heterocycles. The van der Waals surface area contributed by atoms with Gasteiger partial charge in [0.05, 0.1) is 0 Å². The molecular formula is C42H80N2O2. The zero-order valence-corrected chi connectivity index (χ0v) is 31.3. The fourth-order valence-electron chi connectivity index (χ4n) is 5.44. The third kappa shape index (κ3) is 46.6. The standard InChI is InChI=1S/C24H43NO.C18H37NO/c1-3-5-7-9-10-11-12-13-14-15-16-17-18-19-20-22-24(26)25-23-21-8-6-4-2;1-2-3-4-5-6-7-8-9-10-11-12-13-14-15-16-17-18(19)20/h5,7,10-11,13-14H,3-4,6,8-9,12,15-23H2,1-2H3,(H,25,26);2-17H2,1H3,(H2,19,20)/b7-5-,11-10-,14-13-;. The largest absolute Gasteiger partial charge is 0.370 e. The van der Waals surface area contributed by atoms with E-state index in [1.165, 1.54) is 141 Å². The summed E-state index contributed by atoms with van der Waals surface area (Å²) in [4.78, 5) is 22.2. The minimum Gasteiger partial charge on any atom is -0.370 e. The summed E-state index contributed by atoms with van der Waals surface area (Å²) in [5, 5.41) is 3.03. The van der Waals surface area contributed by atoms with Crippen molar-refractivity contribution in [2.75, 3.05) is 6.54 Å². The summed E-state index contributed by atoms with van der Waals surface area (Å²) in [5.74, 6) is 0.0855. The van der Waals surface area contributed by atoms with Gasteiger partial charge in [0, 0.05) is 19.4 Å². The van der Waals surface area contributed by atoms with Gasteiger partial charge in [-0.15, -0.1) is 0 Å². The Balaban J connectivity index is 0. The van der Waals surface area contributed by atoms with Crippen molar-refractivity contribution in [1.29, 1.82) is 0 Å². The predicted octanol–water partition coefficient (Wildman–Crippen LogP) is 13.0. The highest BCUT2D eigenvalue weighted by atomic mass is 16.1. The van der Waals surface area contributed by atoms with E-state index in [-0.39, 0.29) is 11.8 Å². The molecule has 0 radical (unpaired) electrons. The molecule has 0 aromatic rings. The van der Waals surface area contributed by atoms with Crippen LogP contribution in [0.4, 0.5) is 0 Å². The number of nitrogens with two attached hydrogens (primary N) is 1. The van der Waals surface area contributed by atoms with E-state index in [1.807, 2.05) is 0 Å². The molecule has 0 bridgehead atoms. The molecule has 0 fully saturated rings. The summed E-state index contributed by atoms with van der Waals surface area (Å²) in [6, 6.07) is 0. The van der Waals surface area contributed by atoms with Gasteiger partial charge in [0.15, 0.2) is 0 Å². The zero-order valence-electron chi connectivity index (χ0n) is 31.3. The Morgan fingerprint density at radius 2 is 0.848 bits per heavy atom. The second-order valence-electron chi connectivity index (χ2n) is 13.2. The van der Waals surface area contributed by atoms with Crippen molar-refractivity contribution in [2.24, 2.45) is 5.73 Å². The lowest BCUT2D eigenvalue weighted by Crippen LogP contribution is -2.23. The number of unbranched alkanes of at least 4 members (excludes halogenated alkanes) is 22. The van der Waals surface area contributed by atoms with Gasteiger partial charge < -0.3 is 11.1 Å². The number of carbonyl (C=O) groups is 2. The lowest BCUT2D eigenvalue weighted by atomic mass is 10.0. The Labute approximate surface area is 288 Å². The van der Waals surface area contributed by atoms with Gasteiger partial charge in [-0.2, -0.15) is 0 Å². The fraction of sp³-hybridized carbons (Fsp3) is 0.810. The van der Waals surface area contributed by atoms with Crippen LogP contribution in [0, 0.1) is 0 Å². The van der Waals surface area contributed by atoms with Gasteiger partial charge in [0.1, 0.15) is 0 Å². The van der Waals surface area contributed by atoms with Crippen molar-refractivity contribution in [1.82, 2.24) is 5.32 Å². The highest BCUT2D eigenvalue weighted by Gasteiger charge is 2.00. The maximum atomic E-state index is 11.7. The summed E-state index contributed by atoms with van der Waals surface area (Å²) < 4.78 is 0. The van der Waals surface area contributed by atoms with E-state index in [4.69, 9.17) is 5.73 Å². The highest BCUT2D eigenvalue weighted by Crippen LogP contribution is 2.14. The van der Waals surface area contributed by atoms with E-state index in [9.17, 15) is 9.59 Å². The van der Waals surface area contributed by atoms with Gasteiger partial charge in [-0.3, -0.25) is 9.59 Å². The third-order valence-electron chi connectivity index (χ3n) is 8.43. The van der Waals surface area contributed by atoms with Crippen LogP contribution in [0.15, 0.2) is 36.5 Å². The number of amides is 2. The lowest BCUT2D eigenvalue weighted by molar-refractivity contribution is -0.121. The fourth-order valence-corrected chi connectivity index (χ4v) is 5.44. The van der Waals surface area contributed by atoms with Gasteiger partial charge >= 0.3 is 0 Å². The molecule has 46 heavy (non-hydrogen) atoms. The summed E-state index contributed by atoms with van der Waals surface area (Å²) in [5.41, 5.74) is 5.11. The molecule has 0 atom stereocenters. The van der Waals surface area contributed by atoms with E-state index in [0.29, 0.717) is 12.8 Å². The van der Waals surface area contributed by atoms with Crippen LogP contribution in [0.5, 0.6) is 0 Å². The van der Waals surface area contributed by atoms with Gasteiger partial charge in [0.25, 0.3) is 0 Å². The Kier molecular flexibility index (Phi) is 43.4. The molecule has 270 valence electrons. The van der Waals surface area contributed by atoms with E-state index < -0.39 is 0 Å². The van der Waals surface area contributed by atoms with Gasteiger partial charge in [-0.1, -0.05) is 186 Å². The molecule has 0 saturated heterocycles. The van der Waals surface area contributed by atoms with Crippen LogP contribution in [0.2, 0.25) is 0 Å². The maximum Gasteiger partial charge on any atom is 0.219 e. The average Bonchev–Trinajstić information content (AvgIpc) is 3.04. The summed E-state index contributed by atoms with van der Waals surface area (Å²) >= 11 is 0. The van der Waals surface area contributed by atoms with Crippen LogP contribution in [0.1, 0.15) is 213 Å². The number of allylic oxidation sites excluding steroid dienone is 6. The maximum absolute atomic E-state index is 11.7. The lowest BCUT2D eigenvalue weighted by Gasteiger charge is -2.05. The number of hydrogen-bond donors (Lipinski definition) is 2. The molecule has 0 aromatic carbocycles. The second-order valence-corrected chi connectivity index (χ2v) is 13.2. The van der Waals surface area contributed by atoms with E-state index >= 15 is 0 Å². The van der Waals surface area contributed by atoms with Gasteiger partial charge in [0.2, 0.25) is 11.8 Å². The van der Waals surface area contributed by atoms with E-state index in [1.54, 1.807) is 0 Å². The molecular weight excluding hydrogens is 564 g/mol. The summed E-state index contributed by atoms with van der Waals surface area (Å²) in [6.45, 7) is 7.50. The number of primary amides is 1. The Bertz CT molecular complexity index is 698. The van der Waals surface area contributed by atoms with Crippen LogP contribution < -0.4 is 11.1 Å². The van der Waals surface area contributed by atoms with Crippen molar-refractivity contribution in [3.63, 3.8) is 0 Å². The van der Waals surface area contributed by atoms with Crippen LogP contribution in [-0.4, -0.2) is 18.4 Å². The third-order valence-corrected chi connectivity index (χ3v) is 8.43. The molecule has 0 unspecified atom stereocenters. The number of carbonyl (C=O) groups excluding carboxylic acids is 2. The first-order chi connectivity index (χ1) is 22.6. The second kappa shape index (κ2) is 43.2. The van der Waals surface area contributed by atoms with Gasteiger partial charge in [-0.25, -0.2) is 0 Å². The van der Waals surface area contributed by atoms with Crippen LogP contribution >= 0.6 is 0 Å². The minimum absolute atomic E-state index is 0.153. The van der Waals surface area contributed by atoms with E-state index in [0.717, 1.165) is 45.1 Å². The minimum atomic E-state index is -0.153.